The monoisotopic (exact) mass is 269 g/mol. The van der Waals surface area contributed by atoms with Crippen LogP contribution in [0.4, 0.5) is 0 Å². The lowest BCUT2D eigenvalue weighted by Crippen LogP contribution is -2.55. The van der Waals surface area contributed by atoms with Gasteiger partial charge in [0.25, 0.3) is 0 Å². The average Bonchev–Trinajstić information content (AvgIpc) is 2.80. The topological polar surface area (TPSA) is 75.6 Å². The van der Waals surface area contributed by atoms with E-state index in [9.17, 15) is 14.7 Å². The summed E-state index contributed by atoms with van der Waals surface area (Å²) in [5.41, 5.74) is -0.611. The molecule has 2 fully saturated rings. The molecule has 5 nitrogen and oxygen atoms in total. The van der Waals surface area contributed by atoms with Crippen LogP contribution in [0, 0.1) is 5.92 Å². The molecule has 0 spiro atoms. The molecular weight excluding hydrogens is 246 g/mol. The minimum absolute atomic E-state index is 0.00969. The maximum Gasteiger partial charge on any atom is 0.308 e. The van der Waals surface area contributed by atoms with Crippen molar-refractivity contribution in [2.45, 2.75) is 63.5 Å². The second-order valence-electron chi connectivity index (χ2n) is 5.94. The van der Waals surface area contributed by atoms with Crippen LogP contribution in [0.5, 0.6) is 0 Å². The van der Waals surface area contributed by atoms with Crippen molar-refractivity contribution >= 4 is 11.9 Å². The molecule has 2 aliphatic rings. The van der Waals surface area contributed by atoms with Gasteiger partial charge in [-0.05, 0) is 32.6 Å². The normalized spacial score (nSPS) is 35.0. The van der Waals surface area contributed by atoms with Gasteiger partial charge in [-0.1, -0.05) is 12.8 Å². The fraction of sp³-hybridized carbons (Fsp3) is 0.857. The molecule has 3 atom stereocenters. The number of nitrogens with one attached hydrogen (secondary N) is 1. The summed E-state index contributed by atoms with van der Waals surface area (Å²) < 4.78 is 5.44. The fourth-order valence-corrected chi connectivity index (χ4v) is 3.26. The quantitative estimate of drug-likeness (QED) is 0.814. The van der Waals surface area contributed by atoms with E-state index in [0.717, 1.165) is 38.7 Å². The first-order chi connectivity index (χ1) is 9.01. The molecule has 1 aliphatic heterocycles. The van der Waals surface area contributed by atoms with Crippen molar-refractivity contribution in [1.82, 2.24) is 5.32 Å². The number of aliphatic carboxylic acids is 1. The van der Waals surface area contributed by atoms with Crippen molar-refractivity contribution in [3.05, 3.63) is 0 Å². The van der Waals surface area contributed by atoms with Crippen LogP contribution in [-0.4, -0.2) is 35.2 Å². The molecular formula is C14H23NO4. The van der Waals surface area contributed by atoms with Gasteiger partial charge >= 0.3 is 5.97 Å². The molecule has 0 bridgehead atoms. The molecule has 1 heterocycles. The van der Waals surface area contributed by atoms with Crippen LogP contribution in [0.25, 0.3) is 0 Å². The van der Waals surface area contributed by atoms with Crippen LogP contribution >= 0.6 is 0 Å². The lowest BCUT2D eigenvalue weighted by Gasteiger charge is -2.40. The Kier molecular flexibility index (Phi) is 4.45. The smallest absolute Gasteiger partial charge is 0.308 e. The van der Waals surface area contributed by atoms with Crippen LogP contribution in [0.15, 0.2) is 0 Å². The van der Waals surface area contributed by atoms with E-state index >= 15 is 0 Å². The summed E-state index contributed by atoms with van der Waals surface area (Å²) in [6.07, 6.45) is 5.57. The Morgan fingerprint density at radius 3 is 2.74 bits per heavy atom. The van der Waals surface area contributed by atoms with E-state index in [1.165, 1.54) is 0 Å². The standard InChI is InChI=1S/C14H23NO4/c1-14(7-3-2-6-11(14)13(17)18)15-12(16)9-10-5-4-8-19-10/h10-11H,2-9H2,1H3,(H,15,16)(H,17,18). The third-order valence-electron chi connectivity index (χ3n) is 4.37. The second-order valence-corrected chi connectivity index (χ2v) is 5.94. The summed E-state index contributed by atoms with van der Waals surface area (Å²) in [4.78, 5) is 23.4. The van der Waals surface area contributed by atoms with E-state index < -0.39 is 17.4 Å². The maximum atomic E-state index is 12.1. The van der Waals surface area contributed by atoms with Crippen molar-refractivity contribution in [1.29, 1.82) is 0 Å². The van der Waals surface area contributed by atoms with Gasteiger partial charge in [0.05, 0.1) is 24.0 Å². The third-order valence-corrected chi connectivity index (χ3v) is 4.37. The highest BCUT2D eigenvalue weighted by molar-refractivity contribution is 5.79. The van der Waals surface area contributed by atoms with Gasteiger partial charge < -0.3 is 15.2 Å². The minimum Gasteiger partial charge on any atom is -0.481 e. The van der Waals surface area contributed by atoms with Gasteiger partial charge in [0.15, 0.2) is 0 Å². The first-order valence-corrected chi connectivity index (χ1v) is 7.17. The number of amides is 1. The molecule has 1 saturated carbocycles. The first kappa shape index (κ1) is 14.3. The van der Waals surface area contributed by atoms with Crippen LogP contribution in [0.3, 0.4) is 0 Å². The number of carbonyl (C=O) groups is 2. The number of hydrogen-bond donors (Lipinski definition) is 2. The van der Waals surface area contributed by atoms with Gasteiger partial charge in [-0.25, -0.2) is 0 Å². The highest BCUT2D eigenvalue weighted by atomic mass is 16.5. The Morgan fingerprint density at radius 1 is 1.32 bits per heavy atom. The first-order valence-electron chi connectivity index (χ1n) is 7.17. The largest absolute Gasteiger partial charge is 0.481 e. The van der Waals surface area contributed by atoms with Crippen LogP contribution in [-0.2, 0) is 14.3 Å². The Balaban J connectivity index is 1.93. The highest BCUT2D eigenvalue weighted by Gasteiger charge is 2.42. The summed E-state index contributed by atoms with van der Waals surface area (Å²) in [6, 6.07) is 0. The molecule has 1 amide bonds. The number of rotatable bonds is 4. The predicted molar refractivity (Wildman–Crippen MR) is 69.7 cm³/mol. The van der Waals surface area contributed by atoms with E-state index in [1.807, 2.05) is 6.92 Å². The third kappa shape index (κ3) is 3.47. The highest BCUT2D eigenvalue weighted by Crippen LogP contribution is 2.34. The van der Waals surface area contributed by atoms with Crippen molar-refractivity contribution in [3.8, 4) is 0 Å². The molecule has 1 aliphatic carbocycles. The van der Waals surface area contributed by atoms with Crippen LogP contribution < -0.4 is 5.32 Å². The second kappa shape index (κ2) is 5.90. The van der Waals surface area contributed by atoms with Crippen molar-refractivity contribution in [3.63, 3.8) is 0 Å². The zero-order valence-electron chi connectivity index (χ0n) is 11.5. The summed E-state index contributed by atoms with van der Waals surface area (Å²) in [5, 5.41) is 12.2. The number of hydrogen-bond acceptors (Lipinski definition) is 3. The molecule has 0 aromatic heterocycles. The fourth-order valence-electron chi connectivity index (χ4n) is 3.26. The van der Waals surface area contributed by atoms with E-state index in [2.05, 4.69) is 5.32 Å². The summed E-state index contributed by atoms with van der Waals surface area (Å²) in [7, 11) is 0. The lowest BCUT2D eigenvalue weighted by molar-refractivity contribution is -0.146. The molecule has 2 N–H and O–H groups in total. The Hall–Kier alpha value is -1.10. The molecule has 0 aromatic rings. The number of carboxylic acid groups (broad SMARTS) is 1. The Morgan fingerprint density at radius 2 is 2.11 bits per heavy atom. The maximum absolute atomic E-state index is 12.1. The number of carbonyl (C=O) groups excluding carboxylic acids is 1. The predicted octanol–water partition coefficient (Wildman–Crippen LogP) is 1.71. The average molecular weight is 269 g/mol. The minimum atomic E-state index is -0.806. The van der Waals surface area contributed by atoms with Crippen molar-refractivity contribution in [2.75, 3.05) is 6.61 Å². The Labute approximate surface area is 113 Å². The molecule has 2 rings (SSSR count). The zero-order chi connectivity index (χ0) is 13.9. The van der Waals surface area contributed by atoms with E-state index in [1.54, 1.807) is 0 Å². The number of ether oxygens (including phenoxy) is 1. The molecule has 5 heteroatoms. The van der Waals surface area contributed by atoms with Gasteiger partial charge in [-0.3, -0.25) is 9.59 Å². The zero-order valence-corrected chi connectivity index (χ0v) is 11.5. The van der Waals surface area contributed by atoms with E-state index in [-0.39, 0.29) is 12.0 Å². The molecule has 0 aromatic carbocycles. The molecule has 19 heavy (non-hydrogen) atoms. The van der Waals surface area contributed by atoms with E-state index in [4.69, 9.17) is 4.74 Å². The number of carboxylic acids is 1. The van der Waals surface area contributed by atoms with E-state index in [0.29, 0.717) is 12.8 Å². The lowest BCUT2D eigenvalue weighted by atomic mass is 9.74. The molecule has 3 unspecified atom stereocenters. The summed E-state index contributed by atoms with van der Waals surface area (Å²) in [5.74, 6) is -1.36. The van der Waals surface area contributed by atoms with Crippen molar-refractivity contribution < 1.29 is 19.4 Å². The van der Waals surface area contributed by atoms with Gasteiger partial charge in [0.2, 0.25) is 5.91 Å². The van der Waals surface area contributed by atoms with Crippen molar-refractivity contribution in [2.24, 2.45) is 5.92 Å². The van der Waals surface area contributed by atoms with Gasteiger partial charge in [0.1, 0.15) is 0 Å². The Bertz CT molecular complexity index is 351. The SMILES string of the molecule is CC1(NC(=O)CC2CCCO2)CCCCC1C(=O)O. The summed E-state index contributed by atoms with van der Waals surface area (Å²) >= 11 is 0. The van der Waals surface area contributed by atoms with Gasteiger partial charge in [-0.15, -0.1) is 0 Å². The molecule has 108 valence electrons. The molecule has 0 radical (unpaired) electrons. The van der Waals surface area contributed by atoms with Crippen LogP contribution in [0.1, 0.15) is 51.9 Å². The van der Waals surface area contributed by atoms with Gasteiger partial charge in [0, 0.05) is 6.61 Å². The molecule has 1 saturated heterocycles. The van der Waals surface area contributed by atoms with Gasteiger partial charge in [-0.2, -0.15) is 0 Å². The van der Waals surface area contributed by atoms with Crippen LogP contribution in [0.2, 0.25) is 0 Å². The summed E-state index contributed by atoms with van der Waals surface area (Å²) in [6.45, 7) is 2.59.